The van der Waals surface area contributed by atoms with Crippen LogP contribution in [0, 0.1) is 6.92 Å². The number of hydrogen-bond acceptors (Lipinski definition) is 10. The van der Waals surface area contributed by atoms with Crippen molar-refractivity contribution in [1.29, 1.82) is 0 Å². The van der Waals surface area contributed by atoms with Crippen LogP contribution >= 0.6 is 0 Å². The Labute approximate surface area is 218 Å². The first-order chi connectivity index (χ1) is 18.6. The smallest absolute Gasteiger partial charge is 0.395 e. The van der Waals surface area contributed by atoms with Gasteiger partial charge >= 0.3 is 11.3 Å². The number of fused-ring (bicyclic) bond motifs is 2. The Morgan fingerprint density at radius 3 is 2.92 bits per heavy atom. The first-order valence-corrected chi connectivity index (χ1v) is 13.0. The van der Waals surface area contributed by atoms with E-state index in [1.54, 1.807) is 29.8 Å². The third-order valence-electron chi connectivity index (χ3n) is 6.96. The van der Waals surface area contributed by atoms with Crippen LogP contribution in [0.25, 0.3) is 17.6 Å². The molecule has 0 aromatic carbocycles. The van der Waals surface area contributed by atoms with Crippen LogP contribution in [0.3, 0.4) is 0 Å². The lowest BCUT2D eigenvalue weighted by molar-refractivity contribution is -0.679. The Morgan fingerprint density at radius 2 is 2.11 bits per heavy atom. The van der Waals surface area contributed by atoms with Gasteiger partial charge in [-0.15, -0.1) is 4.40 Å². The summed E-state index contributed by atoms with van der Waals surface area (Å²) >= 11 is 0. The van der Waals surface area contributed by atoms with E-state index < -0.39 is 0 Å². The molecular weight excluding hydrogens is 486 g/mol. The van der Waals surface area contributed by atoms with E-state index in [9.17, 15) is 4.79 Å². The number of hydrogen-bond donors (Lipinski definition) is 2. The molecule has 13 heteroatoms. The van der Waals surface area contributed by atoms with Crippen LogP contribution in [0.4, 0.5) is 11.8 Å². The Balaban J connectivity index is 1.23. The van der Waals surface area contributed by atoms with Crippen LogP contribution < -0.4 is 25.7 Å². The zero-order chi connectivity index (χ0) is 26.2. The van der Waals surface area contributed by atoms with Gasteiger partial charge in [0.15, 0.2) is 5.36 Å². The van der Waals surface area contributed by atoms with Crippen molar-refractivity contribution >= 4 is 29.3 Å². The van der Waals surface area contributed by atoms with E-state index in [1.807, 2.05) is 17.0 Å². The van der Waals surface area contributed by atoms with Gasteiger partial charge in [-0.1, -0.05) is 19.8 Å². The molecular formula is C25H30N11O2+. The molecule has 0 radical (unpaired) electrons. The Hall–Kier alpha value is -4.26. The highest BCUT2D eigenvalue weighted by Gasteiger charge is 2.32. The number of unbranched alkanes of at least 4 members (excludes halogenated alkanes) is 2. The average Bonchev–Trinajstić information content (AvgIpc) is 3.63. The second kappa shape index (κ2) is 9.89. The van der Waals surface area contributed by atoms with E-state index in [0.29, 0.717) is 41.0 Å². The SMILES string of the molecule is CCCCC[n+]1c2c(c(=O)n3c(C)nnc31)=NC(c1cnn(C3CN(c4nccc(NCCO)n4)C3)c1)=C2. The predicted molar refractivity (Wildman–Crippen MR) is 139 cm³/mol. The highest BCUT2D eigenvalue weighted by atomic mass is 16.3. The summed E-state index contributed by atoms with van der Waals surface area (Å²) in [5.41, 5.74) is 2.15. The van der Waals surface area contributed by atoms with Crippen molar-refractivity contribution in [1.82, 2.24) is 34.3 Å². The molecule has 13 nitrogen and oxygen atoms in total. The Bertz CT molecular complexity index is 1630. The molecule has 1 saturated heterocycles. The monoisotopic (exact) mass is 516 g/mol. The average molecular weight is 517 g/mol. The van der Waals surface area contributed by atoms with Gasteiger partial charge in [0.1, 0.15) is 11.5 Å². The maximum atomic E-state index is 13.3. The van der Waals surface area contributed by atoms with Crippen LogP contribution in [0.1, 0.15) is 49.3 Å². The van der Waals surface area contributed by atoms with Crippen molar-refractivity contribution in [3.63, 3.8) is 0 Å². The molecule has 196 valence electrons. The van der Waals surface area contributed by atoms with Crippen molar-refractivity contribution in [3.05, 3.63) is 57.4 Å². The summed E-state index contributed by atoms with van der Waals surface area (Å²) in [6.45, 7) is 6.63. The summed E-state index contributed by atoms with van der Waals surface area (Å²) in [5.74, 6) is 2.44. The van der Waals surface area contributed by atoms with Gasteiger partial charge in [0, 0.05) is 55.7 Å². The fourth-order valence-electron chi connectivity index (χ4n) is 4.88. The minimum atomic E-state index is -0.201. The van der Waals surface area contributed by atoms with Gasteiger partial charge in [0.2, 0.25) is 11.8 Å². The fraction of sp³-hybridized carbons (Fsp3) is 0.440. The first kappa shape index (κ1) is 24.1. The lowest BCUT2D eigenvalue weighted by Crippen LogP contribution is -2.50. The topological polar surface area (TPSA) is 143 Å². The van der Waals surface area contributed by atoms with E-state index in [0.717, 1.165) is 50.2 Å². The van der Waals surface area contributed by atoms with Crippen LogP contribution in [0.2, 0.25) is 0 Å². The summed E-state index contributed by atoms with van der Waals surface area (Å²) in [6.07, 6.45) is 10.6. The number of nitrogens with zero attached hydrogens (tertiary/aromatic N) is 10. The van der Waals surface area contributed by atoms with E-state index in [4.69, 9.17) is 10.1 Å². The van der Waals surface area contributed by atoms with Crippen molar-refractivity contribution < 1.29 is 9.67 Å². The predicted octanol–water partition coefficient (Wildman–Crippen LogP) is 0.178. The highest BCUT2D eigenvalue weighted by molar-refractivity contribution is 5.81. The zero-order valence-electron chi connectivity index (χ0n) is 21.4. The summed E-state index contributed by atoms with van der Waals surface area (Å²) in [6, 6.07) is 1.96. The van der Waals surface area contributed by atoms with E-state index in [2.05, 4.69) is 47.0 Å². The maximum absolute atomic E-state index is 13.3. The number of rotatable bonds is 10. The minimum Gasteiger partial charge on any atom is -0.395 e. The fourth-order valence-corrected chi connectivity index (χ4v) is 4.88. The van der Waals surface area contributed by atoms with E-state index in [1.165, 1.54) is 0 Å². The molecule has 4 aromatic rings. The summed E-state index contributed by atoms with van der Waals surface area (Å²) in [7, 11) is 0. The van der Waals surface area contributed by atoms with E-state index >= 15 is 0 Å². The molecule has 4 aromatic heterocycles. The second-order valence-electron chi connectivity index (χ2n) is 9.58. The number of aliphatic hydroxyl groups excluding tert-OH is 1. The molecule has 2 aliphatic rings. The van der Waals surface area contributed by atoms with Gasteiger partial charge in [-0.25, -0.2) is 19.3 Å². The molecule has 2 aliphatic heterocycles. The standard InChI is InChI=1S/C25H30N11O2/c1-3-4-5-9-34-20-11-19(29-22(20)23(38)36-16(2)31-32-25(34)36)17-12-28-35(13-17)18-14-33(15-18)24-27-7-6-21(30-24)26-8-10-37/h6-7,11-13,18,37H,3-5,8-10,14-15H2,1-2H3,(H,26,27,30)/q+1. The molecule has 0 spiro atoms. The van der Waals surface area contributed by atoms with Crippen LogP contribution in [0.15, 0.2) is 34.4 Å². The second-order valence-corrected chi connectivity index (χ2v) is 9.58. The van der Waals surface area contributed by atoms with Crippen molar-refractivity contribution in [2.75, 3.05) is 36.5 Å². The number of aliphatic hydroxyl groups is 1. The molecule has 6 heterocycles. The molecule has 0 atom stereocenters. The zero-order valence-corrected chi connectivity index (χ0v) is 21.4. The molecule has 0 aliphatic carbocycles. The van der Waals surface area contributed by atoms with Crippen molar-refractivity contribution in [2.24, 2.45) is 4.99 Å². The third kappa shape index (κ3) is 4.18. The Kier molecular flexibility index (Phi) is 6.27. The van der Waals surface area contributed by atoms with Gasteiger partial charge in [0.25, 0.3) is 0 Å². The largest absolute Gasteiger partial charge is 0.431 e. The lowest BCUT2D eigenvalue weighted by atomic mass is 10.1. The molecule has 38 heavy (non-hydrogen) atoms. The van der Waals surface area contributed by atoms with Gasteiger partial charge in [-0.2, -0.15) is 10.1 Å². The van der Waals surface area contributed by atoms with Crippen molar-refractivity contribution in [3.8, 4) is 0 Å². The first-order valence-electron chi connectivity index (χ1n) is 13.0. The number of aromatic nitrogens is 8. The van der Waals surface area contributed by atoms with Gasteiger partial charge in [-0.3, -0.25) is 4.68 Å². The molecule has 2 N–H and O–H groups in total. The number of aryl methyl sites for hydroxylation is 2. The highest BCUT2D eigenvalue weighted by Crippen LogP contribution is 2.27. The normalized spacial score (nSPS) is 14.9. The molecule has 1 fully saturated rings. The van der Waals surface area contributed by atoms with Crippen LogP contribution in [0.5, 0.6) is 0 Å². The molecule has 0 bridgehead atoms. The third-order valence-corrected chi connectivity index (χ3v) is 6.96. The maximum Gasteiger partial charge on any atom is 0.431 e. The quantitative estimate of drug-likeness (QED) is 0.223. The molecule has 0 amide bonds. The Morgan fingerprint density at radius 1 is 1.24 bits per heavy atom. The number of nitrogens with one attached hydrogen (secondary N) is 1. The molecule has 0 saturated carbocycles. The molecule has 6 rings (SSSR count). The summed E-state index contributed by atoms with van der Waals surface area (Å²) < 4.78 is 5.54. The summed E-state index contributed by atoms with van der Waals surface area (Å²) in [5, 5.41) is 25.5. The van der Waals surface area contributed by atoms with E-state index in [-0.39, 0.29) is 18.2 Å². The van der Waals surface area contributed by atoms with Gasteiger partial charge in [0.05, 0.1) is 31.1 Å². The van der Waals surface area contributed by atoms with Gasteiger partial charge < -0.3 is 15.3 Å². The van der Waals surface area contributed by atoms with Crippen molar-refractivity contribution in [2.45, 2.75) is 45.7 Å². The van der Waals surface area contributed by atoms with Crippen LogP contribution in [-0.4, -0.2) is 65.7 Å². The lowest BCUT2D eigenvalue weighted by Gasteiger charge is -2.39. The summed E-state index contributed by atoms with van der Waals surface area (Å²) in [4.78, 5) is 29.0. The van der Waals surface area contributed by atoms with Gasteiger partial charge in [-0.05, 0) is 17.6 Å². The molecule has 0 unspecified atom stereocenters. The number of anilines is 2. The van der Waals surface area contributed by atoms with Crippen LogP contribution in [-0.2, 0) is 6.54 Å². The minimum absolute atomic E-state index is 0.0416.